The minimum atomic E-state index is -3.90. The molecule has 18 nitrogen and oxygen atoms in total. The fourth-order valence-corrected chi connectivity index (χ4v) is 8.52. The van der Waals surface area contributed by atoms with Crippen molar-refractivity contribution >= 4 is 68.8 Å². The lowest BCUT2D eigenvalue weighted by Gasteiger charge is -2.35. The van der Waals surface area contributed by atoms with Gasteiger partial charge in [0.15, 0.2) is 0 Å². The number of sulfonamides is 1. The number of nitrogens with one attached hydrogen (secondary N) is 5. The molecule has 0 saturated carbocycles. The van der Waals surface area contributed by atoms with E-state index in [0.29, 0.717) is 6.07 Å². The number of hydrogen-bond donors (Lipinski definition) is 5. The lowest BCUT2D eigenvalue weighted by Crippen LogP contribution is -2.62. The molecule has 23 heteroatoms. The number of halogens is 4. The second-order valence-corrected chi connectivity index (χ2v) is 18.6. The third-order valence-corrected chi connectivity index (χ3v) is 12.6. The molecule has 3 heterocycles. The summed E-state index contributed by atoms with van der Waals surface area (Å²) in [6, 6.07) is -4.24. The summed E-state index contributed by atoms with van der Waals surface area (Å²) in [7, 11) is -2.67. The Labute approximate surface area is 367 Å². The van der Waals surface area contributed by atoms with Gasteiger partial charge < -0.3 is 40.7 Å². The maximum atomic E-state index is 14.6. The Balaban J connectivity index is 1.52. The fraction of sp³-hybridized carbons (Fsp3) is 0.525. The van der Waals surface area contributed by atoms with Gasteiger partial charge in [-0.1, -0.05) is 25.4 Å². The maximum absolute atomic E-state index is 14.6. The number of urea groups is 1. The van der Waals surface area contributed by atoms with E-state index in [1.807, 2.05) is 0 Å². The molecule has 8 atom stereocenters. The van der Waals surface area contributed by atoms with Gasteiger partial charge in [0.05, 0.1) is 11.4 Å². The van der Waals surface area contributed by atoms with Crippen molar-refractivity contribution < 1.29 is 59.9 Å². The van der Waals surface area contributed by atoms with Gasteiger partial charge >= 0.3 is 12.0 Å². The number of carbonyl (C=O) groups is 7. The number of rotatable bonds is 10. The molecule has 3 fully saturated rings. The van der Waals surface area contributed by atoms with Crippen molar-refractivity contribution in [2.24, 2.45) is 11.8 Å². The second-order valence-electron chi connectivity index (χ2n) is 16.1. The van der Waals surface area contributed by atoms with Crippen molar-refractivity contribution in [1.82, 2.24) is 35.4 Å². The summed E-state index contributed by atoms with van der Waals surface area (Å²) in [4.78, 5) is 101. The molecule has 2 aromatic carbocycles. The van der Waals surface area contributed by atoms with Gasteiger partial charge in [-0.3, -0.25) is 24.0 Å². The van der Waals surface area contributed by atoms with E-state index in [4.69, 9.17) is 16.3 Å². The molecule has 0 spiro atoms. The minimum absolute atomic E-state index is 0.0208. The van der Waals surface area contributed by atoms with Crippen molar-refractivity contribution in [2.45, 2.75) is 83.2 Å². The molecular weight excluding hydrogens is 877 g/mol. The number of carbonyl (C=O) groups excluding carboxylic acids is 7. The zero-order chi connectivity index (χ0) is 46.5. The average Bonchev–Trinajstić information content (AvgIpc) is 3.80. The Morgan fingerprint density at radius 2 is 1.52 bits per heavy atom. The van der Waals surface area contributed by atoms with Crippen LogP contribution in [-0.4, -0.2) is 140 Å². The van der Waals surface area contributed by atoms with Crippen molar-refractivity contribution in [3.8, 4) is 0 Å². The quantitative estimate of drug-likeness (QED) is 0.214. The third kappa shape index (κ3) is 12.2. The number of anilines is 1. The fourth-order valence-electron chi connectivity index (χ4n) is 7.75. The van der Waals surface area contributed by atoms with Crippen LogP contribution >= 0.6 is 11.6 Å². The first kappa shape index (κ1) is 48.6. The van der Waals surface area contributed by atoms with E-state index in [9.17, 15) is 55.2 Å². The molecule has 3 saturated heterocycles. The number of hydrogen-bond acceptors (Lipinski definition) is 10. The van der Waals surface area contributed by atoms with Crippen molar-refractivity contribution in [2.75, 3.05) is 44.4 Å². The van der Waals surface area contributed by atoms with Gasteiger partial charge in [0.1, 0.15) is 60.3 Å². The van der Waals surface area contributed by atoms with Crippen LogP contribution in [0.2, 0.25) is 5.02 Å². The molecule has 0 radical (unpaired) electrons. The topological polar surface area (TPSA) is 233 Å². The zero-order valence-corrected chi connectivity index (χ0v) is 36.7. The van der Waals surface area contributed by atoms with Crippen molar-refractivity contribution in [3.63, 3.8) is 0 Å². The van der Waals surface area contributed by atoms with Gasteiger partial charge in [-0.25, -0.2) is 35.9 Å². The minimum Gasteiger partial charge on any atom is -0.461 e. The highest BCUT2D eigenvalue weighted by molar-refractivity contribution is 7.89. The van der Waals surface area contributed by atoms with Gasteiger partial charge in [-0.05, 0) is 74.4 Å². The summed E-state index contributed by atoms with van der Waals surface area (Å²) >= 11 is 5.82. The monoisotopic (exact) mass is 926 g/mol. The molecule has 63 heavy (non-hydrogen) atoms. The van der Waals surface area contributed by atoms with E-state index in [2.05, 4.69) is 26.0 Å². The van der Waals surface area contributed by atoms with E-state index in [0.717, 1.165) is 34.1 Å². The number of benzene rings is 2. The maximum Gasteiger partial charge on any atom is 0.328 e. The van der Waals surface area contributed by atoms with E-state index < -0.39 is 125 Å². The molecule has 0 aliphatic carbocycles. The van der Waals surface area contributed by atoms with Gasteiger partial charge in [-0.15, -0.1) is 0 Å². The zero-order valence-electron chi connectivity index (χ0n) is 35.1. The van der Waals surface area contributed by atoms with Crippen LogP contribution in [0.15, 0.2) is 36.4 Å². The first-order valence-electron chi connectivity index (χ1n) is 20.2. The molecule has 0 aromatic heterocycles. The number of likely N-dealkylation sites (N-methyl/N-ethyl adjacent to an activating group) is 1. The summed E-state index contributed by atoms with van der Waals surface area (Å²) in [5, 5.41) is 9.56. The van der Waals surface area contributed by atoms with Gasteiger partial charge in [0.25, 0.3) is 0 Å². The van der Waals surface area contributed by atoms with Crippen LogP contribution in [0.4, 0.5) is 23.7 Å². The van der Waals surface area contributed by atoms with Crippen LogP contribution in [0.25, 0.3) is 0 Å². The molecule has 1 unspecified atom stereocenters. The number of nitrogens with zero attached hydrogens (tertiary/aromatic N) is 3. The SMILES string of the molecule is CCS(=O)(=O)NC[C@H]1C(=O)N[C@@H](C)C(=O)N2C[C@H](C)C[C@H]2C(=O)OC[C@H](NC(=O)[C@H](Cc2cc(F)cc(F)c2)NC(=O)Nc2ccc(Cl)cc2F)C(=O)N2CC(C)C[C@H]2C(=O)N1C. The lowest BCUT2D eigenvalue weighted by molar-refractivity contribution is -0.158. The van der Waals surface area contributed by atoms with E-state index in [1.165, 1.54) is 31.9 Å². The van der Waals surface area contributed by atoms with Gasteiger partial charge in [0, 0.05) is 44.2 Å². The predicted molar refractivity (Wildman–Crippen MR) is 220 cm³/mol. The number of amides is 7. The Hall–Kier alpha value is -5.48. The molecule has 3 aliphatic heterocycles. The molecular formula is C40H50ClF3N8O10S. The van der Waals surface area contributed by atoms with Gasteiger partial charge in [-0.2, -0.15) is 0 Å². The number of fused-ring (bicyclic) bond motifs is 2. The molecule has 0 bridgehead atoms. The highest BCUT2D eigenvalue weighted by atomic mass is 35.5. The van der Waals surface area contributed by atoms with Crippen molar-refractivity contribution in [1.29, 1.82) is 0 Å². The molecule has 7 amide bonds. The molecule has 344 valence electrons. The van der Waals surface area contributed by atoms with Crippen LogP contribution in [0.3, 0.4) is 0 Å². The second kappa shape index (κ2) is 20.4. The van der Waals surface area contributed by atoms with Crippen LogP contribution in [-0.2, 0) is 49.9 Å². The Morgan fingerprint density at radius 1 is 0.905 bits per heavy atom. The average molecular weight is 927 g/mol. The Bertz CT molecular complexity index is 2220. The third-order valence-electron chi connectivity index (χ3n) is 11.0. The van der Waals surface area contributed by atoms with Crippen LogP contribution in [0.1, 0.15) is 46.1 Å². The summed E-state index contributed by atoms with van der Waals surface area (Å²) in [6.07, 6.45) is -0.407. The highest BCUT2D eigenvalue weighted by Gasteiger charge is 2.46. The lowest BCUT2D eigenvalue weighted by atomic mass is 10.0. The molecule has 5 N–H and O–H groups in total. The van der Waals surface area contributed by atoms with Gasteiger partial charge in [0.2, 0.25) is 39.6 Å². The summed E-state index contributed by atoms with van der Waals surface area (Å²) in [6.45, 7) is 4.78. The Morgan fingerprint density at radius 3 is 2.14 bits per heavy atom. The van der Waals surface area contributed by atoms with Crippen LogP contribution in [0, 0.1) is 29.3 Å². The van der Waals surface area contributed by atoms with E-state index in [-0.39, 0.29) is 59.8 Å². The summed E-state index contributed by atoms with van der Waals surface area (Å²) in [5.74, 6) is -9.32. The largest absolute Gasteiger partial charge is 0.461 e. The normalized spacial score (nSPS) is 25.5. The first-order valence-corrected chi connectivity index (χ1v) is 22.2. The highest BCUT2D eigenvalue weighted by Crippen LogP contribution is 2.28. The summed E-state index contributed by atoms with van der Waals surface area (Å²) in [5.41, 5.74) is -0.459. The van der Waals surface area contributed by atoms with Crippen LogP contribution in [0.5, 0.6) is 0 Å². The molecule has 5 rings (SSSR count). The first-order chi connectivity index (χ1) is 29.6. The van der Waals surface area contributed by atoms with E-state index in [1.54, 1.807) is 13.8 Å². The summed E-state index contributed by atoms with van der Waals surface area (Å²) < 4.78 is 76.2. The predicted octanol–water partition coefficient (Wildman–Crippen LogP) is 1.28. The Kier molecular flexibility index (Phi) is 15.7. The number of esters is 1. The van der Waals surface area contributed by atoms with Crippen LogP contribution < -0.4 is 26.0 Å². The number of cyclic esters (lactones) is 1. The standard InChI is InChI=1S/C40H50ClF3N8O10S/c1-6-63(60,61)45-16-33-35(54)46-22(4)36(55)52-18-21(3)10-32(52)39(58)62-19-30(37(56)51-17-20(2)9-31(51)38(57)50(33)5)47-34(53)29(13-23-11-25(42)15-26(43)12-23)49-40(59)48-28-8-7-24(41)14-27(28)44/h7-8,11-12,14-15,20-22,29-33,45H,6,9-10,13,16-19H2,1-5H3,(H,46,54)(H,47,53)(H2,48,49,59)/t20?,21-,22+,29+,30+,31+,32+,33+/m1/s1. The smallest absolute Gasteiger partial charge is 0.328 e. The van der Waals surface area contributed by atoms with Crippen molar-refractivity contribution in [3.05, 3.63) is 64.4 Å². The number of ether oxygens (including phenoxy) is 1. The van der Waals surface area contributed by atoms with E-state index >= 15 is 0 Å². The molecule has 3 aliphatic rings. The molecule has 2 aromatic rings.